The Kier molecular flexibility index (Phi) is 4.39. The Morgan fingerprint density at radius 3 is 2.43 bits per heavy atom. The van der Waals surface area contributed by atoms with E-state index in [0.29, 0.717) is 12.6 Å². The van der Waals surface area contributed by atoms with Crippen molar-refractivity contribution >= 4 is 17.6 Å². The maximum atomic E-state index is 12.0. The molecule has 3 nitrogen and oxygen atoms in total. The van der Waals surface area contributed by atoms with Gasteiger partial charge in [0.25, 0.3) is 0 Å². The topological polar surface area (TPSA) is 41.1 Å². The lowest BCUT2D eigenvalue weighted by Crippen LogP contribution is -2.45. The minimum absolute atomic E-state index is 0.0119. The smallest absolute Gasteiger partial charge is 0.315 e. The second-order valence-corrected chi connectivity index (χ2v) is 6.89. The fraction of sp³-hybridized carbons (Fsp3) is 0.588. The van der Waals surface area contributed by atoms with E-state index in [0.717, 1.165) is 30.7 Å². The highest BCUT2D eigenvalue weighted by atomic mass is 35.5. The molecule has 1 aromatic rings. The molecular weight excluding hydrogens is 284 g/mol. The molecule has 0 spiro atoms. The van der Waals surface area contributed by atoms with Crippen molar-refractivity contribution in [2.24, 2.45) is 0 Å². The van der Waals surface area contributed by atoms with Crippen LogP contribution < -0.4 is 10.6 Å². The number of amides is 2. The maximum absolute atomic E-state index is 12.0. The molecule has 21 heavy (non-hydrogen) atoms. The Morgan fingerprint density at radius 2 is 1.81 bits per heavy atom. The molecule has 2 N–H and O–H groups in total. The van der Waals surface area contributed by atoms with Gasteiger partial charge in [-0.3, -0.25) is 0 Å². The van der Waals surface area contributed by atoms with Gasteiger partial charge in [0.2, 0.25) is 0 Å². The fourth-order valence-corrected chi connectivity index (χ4v) is 3.38. The molecule has 0 aliphatic heterocycles. The zero-order valence-electron chi connectivity index (χ0n) is 12.3. The minimum Gasteiger partial charge on any atom is -0.337 e. The molecule has 0 unspecified atom stereocenters. The SMILES string of the molecule is O=C(NCC1(c2ccc(Cl)cc2)CC1)NC1CCCCC1. The summed E-state index contributed by atoms with van der Waals surface area (Å²) in [5, 5.41) is 6.93. The summed E-state index contributed by atoms with van der Waals surface area (Å²) < 4.78 is 0. The summed E-state index contributed by atoms with van der Waals surface area (Å²) >= 11 is 5.94. The second kappa shape index (κ2) is 6.27. The summed E-state index contributed by atoms with van der Waals surface area (Å²) in [6, 6.07) is 8.37. The van der Waals surface area contributed by atoms with Gasteiger partial charge in [-0.05, 0) is 43.4 Å². The molecule has 1 aromatic carbocycles. The molecule has 0 radical (unpaired) electrons. The number of urea groups is 1. The van der Waals surface area contributed by atoms with E-state index in [-0.39, 0.29) is 11.4 Å². The van der Waals surface area contributed by atoms with Crippen molar-refractivity contribution < 1.29 is 4.79 Å². The van der Waals surface area contributed by atoms with Gasteiger partial charge in [0.15, 0.2) is 0 Å². The van der Waals surface area contributed by atoms with E-state index in [1.54, 1.807) is 0 Å². The minimum atomic E-state index is -0.0119. The zero-order chi connectivity index (χ0) is 14.7. The molecule has 0 atom stereocenters. The molecule has 114 valence electrons. The molecule has 0 bridgehead atoms. The zero-order valence-corrected chi connectivity index (χ0v) is 13.1. The molecule has 0 aromatic heterocycles. The van der Waals surface area contributed by atoms with E-state index in [1.165, 1.54) is 24.8 Å². The predicted octanol–water partition coefficient (Wildman–Crippen LogP) is 4.00. The van der Waals surface area contributed by atoms with Gasteiger partial charge < -0.3 is 10.6 Å². The van der Waals surface area contributed by atoms with Crippen LogP contribution in [0.2, 0.25) is 5.02 Å². The van der Waals surface area contributed by atoms with Gasteiger partial charge in [0.1, 0.15) is 0 Å². The summed E-state index contributed by atoms with van der Waals surface area (Å²) in [4.78, 5) is 12.0. The molecule has 2 saturated carbocycles. The van der Waals surface area contributed by atoms with Crippen molar-refractivity contribution in [3.8, 4) is 0 Å². The first kappa shape index (κ1) is 14.7. The largest absolute Gasteiger partial charge is 0.337 e. The van der Waals surface area contributed by atoms with Crippen molar-refractivity contribution in [3.63, 3.8) is 0 Å². The molecule has 2 aliphatic rings. The predicted molar refractivity (Wildman–Crippen MR) is 85.8 cm³/mol. The quantitative estimate of drug-likeness (QED) is 0.867. The van der Waals surface area contributed by atoms with Gasteiger partial charge in [-0.1, -0.05) is 43.0 Å². The van der Waals surface area contributed by atoms with E-state index < -0.39 is 0 Å². The Balaban J connectivity index is 1.50. The molecule has 0 heterocycles. The van der Waals surface area contributed by atoms with Gasteiger partial charge in [0.05, 0.1) is 0 Å². The van der Waals surface area contributed by atoms with Crippen LogP contribution >= 0.6 is 11.6 Å². The highest BCUT2D eigenvalue weighted by Crippen LogP contribution is 2.47. The molecule has 2 fully saturated rings. The van der Waals surface area contributed by atoms with E-state index in [2.05, 4.69) is 22.8 Å². The van der Waals surface area contributed by atoms with Crippen molar-refractivity contribution in [2.45, 2.75) is 56.4 Å². The van der Waals surface area contributed by atoms with Crippen LogP contribution in [0.25, 0.3) is 0 Å². The summed E-state index contributed by atoms with van der Waals surface area (Å²) in [6.45, 7) is 0.715. The molecular formula is C17H23ClN2O. The van der Waals surface area contributed by atoms with Crippen molar-refractivity contribution in [2.75, 3.05) is 6.54 Å². The Hall–Kier alpha value is -1.22. The highest BCUT2D eigenvalue weighted by Gasteiger charge is 2.44. The van der Waals surface area contributed by atoms with Gasteiger partial charge in [-0.15, -0.1) is 0 Å². The first-order valence-electron chi connectivity index (χ1n) is 7.98. The Labute approximate surface area is 131 Å². The van der Waals surface area contributed by atoms with Crippen LogP contribution in [0.4, 0.5) is 4.79 Å². The number of hydrogen-bond acceptors (Lipinski definition) is 1. The lowest BCUT2D eigenvalue weighted by Gasteiger charge is -2.24. The lowest BCUT2D eigenvalue weighted by molar-refractivity contribution is 0.231. The fourth-order valence-electron chi connectivity index (χ4n) is 3.25. The van der Waals surface area contributed by atoms with Crippen LogP contribution in [-0.4, -0.2) is 18.6 Å². The second-order valence-electron chi connectivity index (χ2n) is 6.45. The van der Waals surface area contributed by atoms with E-state index in [1.807, 2.05) is 12.1 Å². The van der Waals surface area contributed by atoms with Crippen LogP contribution in [0.1, 0.15) is 50.5 Å². The monoisotopic (exact) mass is 306 g/mol. The average Bonchev–Trinajstić information content (AvgIpc) is 3.28. The number of rotatable bonds is 4. The molecule has 2 aliphatic carbocycles. The van der Waals surface area contributed by atoms with Crippen LogP contribution in [-0.2, 0) is 5.41 Å². The standard InChI is InChI=1S/C17H23ClN2O/c18-14-8-6-13(7-9-14)17(10-11-17)12-19-16(21)20-15-4-2-1-3-5-15/h6-9,15H,1-5,10-12H2,(H2,19,20,21). The summed E-state index contributed by atoms with van der Waals surface area (Å²) in [5.41, 5.74) is 1.42. The highest BCUT2D eigenvalue weighted by molar-refractivity contribution is 6.30. The van der Waals surface area contributed by atoms with Crippen molar-refractivity contribution in [1.82, 2.24) is 10.6 Å². The number of hydrogen-bond donors (Lipinski definition) is 2. The van der Waals surface area contributed by atoms with Crippen molar-refractivity contribution in [1.29, 1.82) is 0 Å². The number of nitrogens with one attached hydrogen (secondary N) is 2. The lowest BCUT2D eigenvalue weighted by atomic mass is 9.95. The summed E-state index contributed by atoms with van der Waals surface area (Å²) in [7, 11) is 0. The van der Waals surface area contributed by atoms with Crippen LogP contribution in [0.15, 0.2) is 24.3 Å². The van der Waals surface area contributed by atoms with E-state index in [4.69, 9.17) is 11.6 Å². The van der Waals surface area contributed by atoms with Gasteiger partial charge in [0, 0.05) is 23.0 Å². The number of carbonyl (C=O) groups excluding carboxylic acids is 1. The van der Waals surface area contributed by atoms with E-state index in [9.17, 15) is 4.79 Å². The molecule has 3 rings (SSSR count). The van der Waals surface area contributed by atoms with Crippen LogP contribution in [0.3, 0.4) is 0 Å². The first-order valence-corrected chi connectivity index (χ1v) is 8.36. The average molecular weight is 307 g/mol. The van der Waals surface area contributed by atoms with Crippen molar-refractivity contribution in [3.05, 3.63) is 34.9 Å². The maximum Gasteiger partial charge on any atom is 0.315 e. The third kappa shape index (κ3) is 3.70. The van der Waals surface area contributed by atoms with Crippen LogP contribution in [0, 0.1) is 0 Å². The third-order valence-corrected chi connectivity index (χ3v) is 5.09. The third-order valence-electron chi connectivity index (χ3n) is 4.84. The van der Waals surface area contributed by atoms with Gasteiger partial charge >= 0.3 is 6.03 Å². The number of carbonyl (C=O) groups is 1. The Morgan fingerprint density at radius 1 is 1.14 bits per heavy atom. The molecule has 4 heteroatoms. The Bertz CT molecular complexity index is 490. The summed E-state index contributed by atoms with van der Waals surface area (Å²) in [5.74, 6) is 0. The van der Waals surface area contributed by atoms with Gasteiger partial charge in [-0.2, -0.15) is 0 Å². The van der Waals surface area contributed by atoms with E-state index >= 15 is 0 Å². The number of benzene rings is 1. The normalized spacial score (nSPS) is 20.8. The van der Waals surface area contributed by atoms with Gasteiger partial charge in [-0.25, -0.2) is 4.79 Å². The summed E-state index contributed by atoms with van der Waals surface area (Å²) in [6.07, 6.45) is 8.29. The van der Waals surface area contributed by atoms with Crippen LogP contribution in [0.5, 0.6) is 0 Å². The molecule has 0 saturated heterocycles. The molecule has 2 amide bonds. The number of halogens is 1. The first-order chi connectivity index (χ1) is 10.2.